The Labute approximate surface area is 150 Å². The molecule has 0 aliphatic carbocycles. The van der Waals surface area contributed by atoms with Crippen LogP contribution in [0.25, 0.3) is 21.8 Å². The van der Waals surface area contributed by atoms with Crippen molar-refractivity contribution in [3.05, 3.63) is 72.1 Å². The van der Waals surface area contributed by atoms with E-state index in [9.17, 15) is 9.59 Å². The third-order valence-corrected chi connectivity index (χ3v) is 4.62. The fraction of sp³-hybridized carbons (Fsp3) is 0.143. The van der Waals surface area contributed by atoms with E-state index in [4.69, 9.17) is 4.74 Å². The number of aromatic nitrogens is 2. The highest BCUT2D eigenvalue weighted by atomic mass is 16.5. The van der Waals surface area contributed by atoms with Crippen LogP contribution in [0.5, 0.6) is 0 Å². The Hall–Kier alpha value is -3.34. The number of fused-ring (bicyclic) bond motifs is 2. The number of nitrogens with zero attached hydrogens (tertiary/aromatic N) is 1. The molecule has 1 atom stereocenters. The third kappa shape index (κ3) is 2.58. The van der Waals surface area contributed by atoms with Crippen LogP contribution in [0.4, 0.5) is 0 Å². The van der Waals surface area contributed by atoms with Crippen molar-refractivity contribution in [1.29, 1.82) is 0 Å². The Kier molecular flexibility index (Phi) is 3.84. The maximum absolute atomic E-state index is 12.8. The monoisotopic (exact) mass is 346 g/mol. The minimum absolute atomic E-state index is 0.226. The van der Waals surface area contributed by atoms with Gasteiger partial charge in [0.1, 0.15) is 0 Å². The molecule has 130 valence electrons. The summed E-state index contributed by atoms with van der Waals surface area (Å²) in [6, 6.07) is 15.2. The summed E-state index contributed by atoms with van der Waals surface area (Å²) in [7, 11) is 1.87. The van der Waals surface area contributed by atoms with Crippen molar-refractivity contribution in [3.8, 4) is 0 Å². The van der Waals surface area contributed by atoms with Gasteiger partial charge in [-0.05, 0) is 19.1 Å². The number of rotatable bonds is 4. The normalized spacial score (nSPS) is 12.4. The Morgan fingerprint density at radius 3 is 2.50 bits per heavy atom. The van der Waals surface area contributed by atoms with Crippen molar-refractivity contribution in [2.75, 3.05) is 0 Å². The first kappa shape index (κ1) is 16.1. The van der Waals surface area contributed by atoms with Crippen LogP contribution in [-0.2, 0) is 11.8 Å². The zero-order valence-corrected chi connectivity index (χ0v) is 14.5. The van der Waals surface area contributed by atoms with E-state index < -0.39 is 12.1 Å². The summed E-state index contributed by atoms with van der Waals surface area (Å²) < 4.78 is 7.35. The second-order valence-electron chi connectivity index (χ2n) is 6.33. The van der Waals surface area contributed by atoms with Crippen LogP contribution >= 0.6 is 0 Å². The number of carbonyl (C=O) groups excluding carboxylic acids is 2. The van der Waals surface area contributed by atoms with E-state index in [1.54, 1.807) is 19.3 Å². The average Bonchev–Trinajstić information content (AvgIpc) is 3.23. The summed E-state index contributed by atoms with van der Waals surface area (Å²) in [6.45, 7) is 1.60. The quantitative estimate of drug-likeness (QED) is 0.447. The molecule has 0 amide bonds. The SMILES string of the molecule is C[C@@H](OC(=O)c1cn(C)c2ccccc12)C(=O)c1c[nH]c2ccccc12. The second-order valence-corrected chi connectivity index (χ2v) is 6.33. The lowest BCUT2D eigenvalue weighted by Gasteiger charge is -2.11. The Bertz CT molecular complexity index is 1140. The summed E-state index contributed by atoms with van der Waals surface area (Å²) >= 11 is 0. The van der Waals surface area contributed by atoms with E-state index in [2.05, 4.69) is 4.98 Å². The molecule has 1 N–H and O–H groups in total. The number of nitrogens with one attached hydrogen (secondary N) is 1. The van der Waals surface area contributed by atoms with E-state index in [-0.39, 0.29) is 5.78 Å². The van der Waals surface area contributed by atoms with Gasteiger partial charge in [0.2, 0.25) is 5.78 Å². The molecule has 0 spiro atoms. The first-order valence-electron chi connectivity index (χ1n) is 8.41. The molecule has 4 rings (SSSR count). The van der Waals surface area contributed by atoms with Crippen LogP contribution < -0.4 is 0 Å². The number of Topliss-reactive ketones (excluding diaryl/α,β-unsaturated/α-hetero) is 1. The van der Waals surface area contributed by atoms with Gasteiger partial charge in [-0.15, -0.1) is 0 Å². The smallest absolute Gasteiger partial charge is 0.341 e. The molecule has 4 aromatic rings. The van der Waals surface area contributed by atoms with E-state index >= 15 is 0 Å². The molecule has 5 nitrogen and oxygen atoms in total. The minimum atomic E-state index is -0.874. The highest BCUT2D eigenvalue weighted by Gasteiger charge is 2.24. The largest absolute Gasteiger partial charge is 0.451 e. The standard InChI is InChI=1S/C21H18N2O3/c1-13(20(24)16-11-22-18-9-5-3-7-14(16)18)26-21(25)17-12-23(2)19-10-6-4-8-15(17)19/h3-13,22H,1-2H3/t13-/m1/s1. The number of hydrogen-bond acceptors (Lipinski definition) is 3. The molecule has 5 heteroatoms. The molecule has 0 saturated heterocycles. The maximum atomic E-state index is 12.8. The third-order valence-electron chi connectivity index (χ3n) is 4.62. The van der Waals surface area contributed by atoms with Crippen LogP contribution in [0.15, 0.2) is 60.9 Å². The van der Waals surface area contributed by atoms with Gasteiger partial charge in [-0.1, -0.05) is 36.4 Å². The number of aryl methyl sites for hydroxylation is 1. The fourth-order valence-corrected chi connectivity index (χ4v) is 3.28. The average molecular weight is 346 g/mol. The number of H-pyrrole nitrogens is 1. The molecule has 2 aromatic heterocycles. The van der Waals surface area contributed by atoms with E-state index in [1.807, 2.05) is 60.1 Å². The number of aromatic amines is 1. The Balaban J connectivity index is 1.60. The van der Waals surface area contributed by atoms with Gasteiger partial charge in [0.05, 0.1) is 5.56 Å². The van der Waals surface area contributed by atoms with Gasteiger partial charge in [-0.25, -0.2) is 4.79 Å². The molecule has 2 aromatic carbocycles. The molecule has 2 heterocycles. The second kappa shape index (κ2) is 6.19. The highest BCUT2D eigenvalue weighted by molar-refractivity contribution is 6.11. The first-order chi connectivity index (χ1) is 12.6. The number of hydrogen-bond donors (Lipinski definition) is 1. The molecule has 0 saturated carbocycles. The van der Waals surface area contributed by atoms with E-state index in [0.717, 1.165) is 21.8 Å². The molecule has 0 radical (unpaired) electrons. The van der Waals surface area contributed by atoms with Crippen molar-refractivity contribution < 1.29 is 14.3 Å². The summed E-state index contributed by atoms with van der Waals surface area (Å²) in [5, 5.41) is 1.64. The molecule has 0 bridgehead atoms. The Morgan fingerprint density at radius 1 is 1.00 bits per heavy atom. The lowest BCUT2D eigenvalue weighted by molar-refractivity contribution is 0.0321. The summed E-state index contributed by atoms with van der Waals surface area (Å²) in [5.41, 5.74) is 2.80. The topological polar surface area (TPSA) is 64.1 Å². The predicted octanol–water partition coefficient (Wildman–Crippen LogP) is 4.09. The van der Waals surface area contributed by atoms with Crippen LogP contribution in [0.2, 0.25) is 0 Å². The summed E-state index contributed by atoms with van der Waals surface area (Å²) in [4.78, 5) is 28.4. The highest BCUT2D eigenvalue weighted by Crippen LogP contribution is 2.23. The van der Waals surface area contributed by atoms with Gasteiger partial charge < -0.3 is 14.3 Å². The van der Waals surface area contributed by atoms with Crippen molar-refractivity contribution in [2.24, 2.45) is 7.05 Å². The zero-order valence-electron chi connectivity index (χ0n) is 14.5. The van der Waals surface area contributed by atoms with Gasteiger partial charge in [0, 0.05) is 46.8 Å². The van der Waals surface area contributed by atoms with Crippen molar-refractivity contribution in [2.45, 2.75) is 13.0 Å². The van der Waals surface area contributed by atoms with Crippen LogP contribution in [0, 0.1) is 0 Å². The van der Waals surface area contributed by atoms with E-state index in [1.165, 1.54) is 0 Å². The lowest BCUT2D eigenvalue weighted by atomic mass is 10.1. The van der Waals surface area contributed by atoms with Gasteiger partial charge in [-0.2, -0.15) is 0 Å². The number of ether oxygens (including phenoxy) is 1. The summed E-state index contributed by atoms with van der Waals surface area (Å²) in [5.74, 6) is -0.724. The van der Waals surface area contributed by atoms with Crippen LogP contribution in [-0.4, -0.2) is 27.4 Å². The van der Waals surface area contributed by atoms with Crippen molar-refractivity contribution >= 4 is 33.6 Å². The van der Waals surface area contributed by atoms with Crippen molar-refractivity contribution in [3.63, 3.8) is 0 Å². The molecule has 0 unspecified atom stereocenters. The maximum Gasteiger partial charge on any atom is 0.341 e. The van der Waals surface area contributed by atoms with Crippen molar-refractivity contribution in [1.82, 2.24) is 9.55 Å². The number of ketones is 1. The summed E-state index contributed by atoms with van der Waals surface area (Å²) in [6.07, 6.45) is 2.52. The first-order valence-corrected chi connectivity index (χ1v) is 8.41. The number of carbonyl (C=O) groups is 2. The van der Waals surface area contributed by atoms with Crippen LogP contribution in [0.1, 0.15) is 27.6 Å². The van der Waals surface area contributed by atoms with Crippen LogP contribution in [0.3, 0.4) is 0 Å². The fourth-order valence-electron chi connectivity index (χ4n) is 3.28. The number of benzene rings is 2. The number of para-hydroxylation sites is 2. The van der Waals surface area contributed by atoms with E-state index in [0.29, 0.717) is 11.1 Å². The van der Waals surface area contributed by atoms with Gasteiger partial charge in [0.15, 0.2) is 6.10 Å². The number of esters is 1. The lowest BCUT2D eigenvalue weighted by Crippen LogP contribution is -2.24. The zero-order chi connectivity index (χ0) is 18.3. The molecular formula is C21H18N2O3. The van der Waals surface area contributed by atoms with Gasteiger partial charge >= 0.3 is 5.97 Å². The predicted molar refractivity (Wildman–Crippen MR) is 100 cm³/mol. The minimum Gasteiger partial charge on any atom is -0.451 e. The molecule has 0 fully saturated rings. The van der Waals surface area contributed by atoms with Gasteiger partial charge in [-0.3, -0.25) is 4.79 Å². The Morgan fingerprint density at radius 2 is 1.69 bits per heavy atom. The van der Waals surface area contributed by atoms with Gasteiger partial charge in [0.25, 0.3) is 0 Å². The molecule has 26 heavy (non-hydrogen) atoms. The molecule has 0 aliphatic heterocycles. The molecular weight excluding hydrogens is 328 g/mol. The molecule has 0 aliphatic rings.